The summed E-state index contributed by atoms with van der Waals surface area (Å²) in [5.41, 5.74) is 12.0. The number of ether oxygens (including phenoxy) is 1. The number of amides is 1. The minimum Gasteiger partial charge on any atom is -0.469 e. The van der Waals surface area contributed by atoms with E-state index in [0.717, 1.165) is 0 Å². The number of carbonyl (C=O) groups is 2. The van der Waals surface area contributed by atoms with Gasteiger partial charge in [0.15, 0.2) is 0 Å². The first-order valence-electron chi connectivity index (χ1n) is 3.93. The van der Waals surface area contributed by atoms with Gasteiger partial charge in [-0.25, -0.2) is 16.9 Å². The molecule has 0 saturated carbocycles. The molecule has 7 N–H and O–H groups in total. The van der Waals surface area contributed by atoms with Gasteiger partial charge < -0.3 is 10.2 Å². The molecule has 0 aromatic rings. The second kappa shape index (κ2) is 22.9. The van der Waals surface area contributed by atoms with Gasteiger partial charge in [0.05, 0.1) is 7.11 Å². The monoisotopic (exact) mass is 226 g/mol. The van der Waals surface area contributed by atoms with Crippen LogP contribution >= 0.6 is 0 Å². The Labute approximate surface area is 90.2 Å². The second-order valence-electron chi connectivity index (χ2n) is 1.85. The highest BCUT2D eigenvalue weighted by Crippen LogP contribution is 1.76. The average molecular weight is 226 g/mol. The molecule has 15 heavy (non-hydrogen) atoms. The zero-order valence-corrected chi connectivity index (χ0v) is 9.22. The second-order valence-corrected chi connectivity index (χ2v) is 1.85. The number of methoxy groups -OCH3 is 1. The lowest BCUT2D eigenvalue weighted by atomic mass is 10.5. The van der Waals surface area contributed by atoms with Crippen LogP contribution in [0.4, 0.5) is 0 Å². The zero-order valence-electron chi connectivity index (χ0n) is 9.22. The van der Waals surface area contributed by atoms with E-state index in [4.69, 9.17) is 11.1 Å². The number of hydrogen-bond donors (Lipinski definition) is 4. The molecular formula is C7H22N4O4. The van der Waals surface area contributed by atoms with Gasteiger partial charge in [0, 0.05) is 14.3 Å². The van der Waals surface area contributed by atoms with E-state index in [9.17, 15) is 9.59 Å². The average Bonchev–Trinajstić information content (AvgIpc) is 2.30. The van der Waals surface area contributed by atoms with Gasteiger partial charge in [-0.1, -0.05) is 13.8 Å². The number of carbonyl (C=O) groups excluding carboxylic acids is 2. The highest BCUT2D eigenvalue weighted by atomic mass is 16.5. The lowest BCUT2D eigenvalue weighted by molar-refractivity contribution is -0.140. The van der Waals surface area contributed by atoms with Crippen molar-refractivity contribution in [2.24, 2.45) is 5.84 Å². The van der Waals surface area contributed by atoms with Crippen molar-refractivity contribution < 1.29 is 21.2 Å². The number of hydrazine groups is 1. The maximum atomic E-state index is 9.96. The Morgan fingerprint density at radius 1 is 1.33 bits per heavy atom. The van der Waals surface area contributed by atoms with Crippen LogP contribution in [0.1, 0.15) is 28.1 Å². The number of hydrogen-bond acceptors (Lipinski definition) is 6. The molecular weight excluding hydrogens is 204 g/mol. The Hall–Kier alpha value is -1.54. The lowest BCUT2D eigenvalue weighted by Crippen LogP contribution is -2.28. The molecule has 0 heterocycles. The van der Waals surface area contributed by atoms with Crippen LogP contribution in [0.25, 0.3) is 0 Å². The molecule has 0 atom stereocenters. The van der Waals surface area contributed by atoms with E-state index in [1.807, 2.05) is 5.43 Å². The first-order valence-corrected chi connectivity index (χ1v) is 3.93. The van der Waals surface area contributed by atoms with Gasteiger partial charge in [0.2, 0.25) is 5.91 Å². The molecule has 0 unspecified atom stereocenters. The molecule has 0 aromatic heterocycles. The summed E-state index contributed by atoms with van der Waals surface area (Å²) in [7, 11) is 1.38. The summed E-state index contributed by atoms with van der Waals surface area (Å²) in [6.45, 7) is 3.49. The van der Waals surface area contributed by atoms with E-state index in [1.54, 1.807) is 13.8 Å². The Morgan fingerprint density at radius 2 is 1.73 bits per heavy atom. The molecule has 0 saturated heterocycles. The Morgan fingerprint density at radius 3 is 1.73 bits per heavy atom. The van der Waals surface area contributed by atoms with Gasteiger partial charge in [-0.15, -0.1) is 0 Å². The van der Waals surface area contributed by atoms with Crippen LogP contribution in [-0.4, -0.2) is 24.5 Å². The first-order chi connectivity index (χ1) is 6.62. The van der Waals surface area contributed by atoms with Crippen molar-refractivity contribution in [1.29, 1.82) is 11.1 Å². The van der Waals surface area contributed by atoms with Crippen molar-refractivity contribution in [1.82, 2.24) is 5.43 Å². The predicted octanol–water partition coefficient (Wildman–Crippen LogP) is -0.0269. The molecule has 1 amide bonds. The van der Waals surface area contributed by atoms with Crippen LogP contribution < -0.4 is 11.3 Å². The Kier molecular flexibility index (Phi) is 35.6. The normalized spacial score (nSPS) is 6.40. The number of esters is 1. The number of rotatable bonds is 2. The molecule has 0 spiro atoms. The SMILES string of the molecule is CCC(=O)NN.CCC(=O)OC.N=N.O.[HH]. The fourth-order valence-corrected chi connectivity index (χ4v) is 0.246. The molecule has 0 radical (unpaired) electrons. The predicted molar refractivity (Wildman–Crippen MR) is 56.1 cm³/mol. The highest BCUT2D eigenvalue weighted by molar-refractivity contribution is 5.74. The molecule has 0 aliphatic heterocycles. The van der Waals surface area contributed by atoms with Crippen LogP contribution in [0, 0.1) is 11.1 Å². The molecule has 0 bridgehead atoms. The Bertz CT molecular complexity index is 131. The van der Waals surface area contributed by atoms with E-state index >= 15 is 0 Å². The van der Waals surface area contributed by atoms with Crippen molar-refractivity contribution in [3.05, 3.63) is 0 Å². The molecule has 0 aliphatic carbocycles. The Balaban J connectivity index is -0.0000000393. The summed E-state index contributed by atoms with van der Waals surface area (Å²) in [6.07, 6.45) is 0.924. The largest absolute Gasteiger partial charge is 0.469 e. The maximum Gasteiger partial charge on any atom is 0.305 e. The van der Waals surface area contributed by atoms with Gasteiger partial charge >= 0.3 is 5.97 Å². The van der Waals surface area contributed by atoms with Crippen molar-refractivity contribution in [2.45, 2.75) is 26.7 Å². The number of nitrogens with two attached hydrogens (primary N) is 1. The highest BCUT2D eigenvalue weighted by Gasteiger charge is 1.87. The minimum atomic E-state index is -0.157. The van der Waals surface area contributed by atoms with E-state index in [0.29, 0.717) is 12.8 Å². The lowest BCUT2D eigenvalue weighted by Gasteiger charge is -1.87. The molecule has 8 heteroatoms. The summed E-state index contributed by atoms with van der Waals surface area (Å²) in [4.78, 5) is 19.9. The summed E-state index contributed by atoms with van der Waals surface area (Å²) in [5, 5.41) is 0. The summed E-state index contributed by atoms with van der Waals surface area (Å²) in [5.74, 6) is 4.40. The van der Waals surface area contributed by atoms with E-state index < -0.39 is 0 Å². The van der Waals surface area contributed by atoms with Gasteiger partial charge in [-0.05, 0) is 0 Å². The summed E-state index contributed by atoms with van der Waals surface area (Å²) < 4.78 is 4.26. The third-order valence-corrected chi connectivity index (χ3v) is 0.998. The van der Waals surface area contributed by atoms with Crippen molar-refractivity contribution in [2.75, 3.05) is 7.11 Å². The molecule has 0 rings (SSSR count). The molecule has 8 nitrogen and oxygen atoms in total. The maximum absolute atomic E-state index is 9.96. The quantitative estimate of drug-likeness (QED) is 0.171. The van der Waals surface area contributed by atoms with E-state index in [1.165, 1.54) is 7.11 Å². The van der Waals surface area contributed by atoms with Gasteiger partial charge in [0.1, 0.15) is 0 Å². The van der Waals surface area contributed by atoms with Gasteiger partial charge in [-0.3, -0.25) is 15.0 Å². The van der Waals surface area contributed by atoms with Crippen molar-refractivity contribution >= 4 is 11.9 Å². The molecule has 94 valence electrons. The third kappa shape index (κ3) is 32.7. The van der Waals surface area contributed by atoms with Crippen molar-refractivity contribution in [3.63, 3.8) is 0 Å². The zero-order chi connectivity index (χ0) is 12.0. The standard InChI is InChI=1S/C4H8O2.C3H8N2O.H2N2.H2O.H2/c1-3-4(5)6-2;1-2-3(6)5-4;1-2;;/h3H2,1-2H3;2,4H2,1H3,(H,5,6);1-2H;1H2;1H. The summed E-state index contributed by atoms with van der Waals surface area (Å²) in [6, 6.07) is 0. The molecule has 0 aromatic carbocycles. The third-order valence-electron chi connectivity index (χ3n) is 0.998. The van der Waals surface area contributed by atoms with Crippen LogP contribution in [0.15, 0.2) is 0 Å². The molecule has 0 aliphatic rings. The fourth-order valence-electron chi connectivity index (χ4n) is 0.246. The van der Waals surface area contributed by atoms with Crippen molar-refractivity contribution in [3.8, 4) is 0 Å². The fraction of sp³-hybridized carbons (Fsp3) is 0.714. The smallest absolute Gasteiger partial charge is 0.305 e. The minimum absolute atomic E-state index is 0. The van der Waals surface area contributed by atoms with E-state index in [2.05, 4.69) is 10.6 Å². The van der Waals surface area contributed by atoms with Gasteiger partial charge in [0.25, 0.3) is 0 Å². The van der Waals surface area contributed by atoms with E-state index in [-0.39, 0.29) is 18.8 Å². The first kappa shape index (κ1) is 23.4. The van der Waals surface area contributed by atoms with Crippen LogP contribution in [-0.2, 0) is 14.3 Å². The van der Waals surface area contributed by atoms with Gasteiger partial charge in [-0.2, -0.15) is 0 Å². The van der Waals surface area contributed by atoms with Crippen LogP contribution in [0.5, 0.6) is 0 Å². The number of nitrogens with one attached hydrogen (secondary N) is 3. The van der Waals surface area contributed by atoms with Crippen LogP contribution in [0.2, 0.25) is 0 Å². The summed E-state index contributed by atoms with van der Waals surface area (Å²) >= 11 is 0. The topological polar surface area (TPSA) is 161 Å². The molecule has 0 fully saturated rings. The van der Waals surface area contributed by atoms with Crippen LogP contribution in [0.3, 0.4) is 0 Å².